The van der Waals surface area contributed by atoms with Crippen molar-refractivity contribution in [3.05, 3.63) is 42.0 Å². The number of amides is 1. The third-order valence-electron chi connectivity index (χ3n) is 7.01. The van der Waals surface area contributed by atoms with Crippen LogP contribution in [0.4, 0.5) is 0 Å². The lowest BCUT2D eigenvalue weighted by atomic mass is 9.73. The first kappa shape index (κ1) is 22.5. The average Bonchev–Trinajstić information content (AvgIpc) is 3.42. The Balaban J connectivity index is 0.000000806. The third kappa shape index (κ3) is 4.76. The number of nitrogens with one attached hydrogen (secondary N) is 1. The summed E-state index contributed by atoms with van der Waals surface area (Å²) < 4.78 is 6.52. The van der Waals surface area contributed by atoms with E-state index in [1.54, 1.807) is 6.08 Å². The standard InChI is InChI=1S/C23H32N2O2.CH2O2/c1-3-18(4-2)25-15-20-19(21-12-13-23(20,16-25)27-21)14-24-22(26)11-10-17-8-6-5-7-9-17;2-1-3/h5-11,18-21H,3-4,12-16H2,1-2H3,(H,24,26);1H,(H,2,3)/t19-,20+,21+,23+;/m0./s1. The maximum Gasteiger partial charge on any atom is 0.290 e. The number of likely N-dealkylation sites (tertiary alicyclic amines) is 1. The van der Waals surface area contributed by atoms with Gasteiger partial charge in [-0.3, -0.25) is 14.5 Å². The van der Waals surface area contributed by atoms with Crippen molar-refractivity contribution in [2.75, 3.05) is 19.6 Å². The lowest BCUT2D eigenvalue weighted by Crippen LogP contribution is -2.41. The van der Waals surface area contributed by atoms with Crippen molar-refractivity contribution < 1.29 is 19.4 Å². The number of hydrogen-bond donors (Lipinski definition) is 2. The second-order valence-electron chi connectivity index (χ2n) is 8.52. The summed E-state index contributed by atoms with van der Waals surface area (Å²) in [6.45, 7) is 7.26. The zero-order chi connectivity index (χ0) is 21.6. The first-order valence-electron chi connectivity index (χ1n) is 11.1. The van der Waals surface area contributed by atoms with E-state index in [1.807, 2.05) is 36.4 Å². The van der Waals surface area contributed by atoms with Gasteiger partial charge >= 0.3 is 0 Å². The molecule has 2 bridgehead atoms. The van der Waals surface area contributed by atoms with Gasteiger partial charge in [0.15, 0.2) is 0 Å². The van der Waals surface area contributed by atoms with Gasteiger partial charge in [0.25, 0.3) is 6.47 Å². The molecule has 2 N–H and O–H groups in total. The van der Waals surface area contributed by atoms with Crippen molar-refractivity contribution in [2.24, 2.45) is 11.8 Å². The first-order chi connectivity index (χ1) is 14.6. The van der Waals surface area contributed by atoms with Crippen LogP contribution in [-0.4, -0.2) is 59.8 Å². The number of fused-ring (bicyclic) bond motifs is 1. The van der Waals surface area contributed by atoms with Crippen molar-refractivity contribution >= 4 is 18.5 Å². The molecule has 0 unspecified atom stereocenters. The Morgan fingerprint density at radius 1 is 1.33 bits per heavy atom. The van der Waals surface area contributed by atoms with Crippen LogP contribution >= 0.6 is 0 Å². The van der Waals surface area contributed by atoms with E-state index in [-0.39, 0.29) is 18.0 Å². The Morgan fingerprint density at radius 3 is 2.70 bits per heavy atom. The fourth-order valence-corrected chi connectivity index (χ4v) is 5.60. The molecule has 6 nitrogen and oxygen atoms in total. The molecule has 1 spiro atoms. The molecule has 6 heteroatoms. The molecule has 4 rings (SSSR count). The van der Waals surface area contributed by atoms with Crippen LogP contribution in [0.3, 0.4) is 0 Å². The number of ether oxygens (including phenoxy) is 1. The van der Waals surface area contributed by atoms with Gasteiger partial charge in [-0.15, -0.1) is 0 Å². The Labute approximate surface area is 179 Å². The van der Waals surface area contributed by atoms with Gasteiger partial charge < -0.3 is 15.2 Å². The summed E-state index contributed by atoms with van der Waals surface area (Å²) in [7, 11) is 0. The molecule has 30 heavy (non-hydrogen) atoms. The molecule has 3 saturated heterocycles. The molecule has 3 fully saturated rings. The van der Waals surface area contributed by atoms with Gasteiger partial charge in [0.2, 0.25) is 5.91 Å². The predicted octanol–water partition coefficient (Wildman–Crippen LogP) is 3.18. The van der Waals surface area contributed by atoms with Gasteiger partial charge in [0.1, 0.15) is 0 Å². The summed E-state index contributed by atoms with van der Waals surface area (Å²) in [4.78, 5) is 23.3. The minimum Gasteiger partial charge on any atom is -0.483 e. The largest absolute Gasteiger partial charge is 0.483 e. The summed E-state index contributed by atoms with van der Waals surface area (Å²) in [5.74, 6) is 1.01. The first-order valence-corrected chi connectivity index (χ1v) is 11.1. The molecule has 4 atom stereocenters. The Bertz CT molecular complexity index is 734. The van der Waals surface area contributed by atoms with Crippen LogP contribution < -0.4 is 5.32 Å². The van der Waals surface area contributed by atoms with Crippen molar-refractivity contribution in [2.45, 2.75) is 57.3 Å². The summed E-state index contributed by atoms with van der Waals surface area (Å²) in [6.07, 6.45) is 8.59. The van der Waals surface area contributed by atoms with Crippen LogP contribution in [0.25, 0.3) is 6.08 Å². The summed E-state index contributed by atoms with van der Waals surface area (Å²) in [5, 5.41) is 10.0. The van der Waals surface area contributed by atoms with Crippen molar-refractivity contribution in [3.63, 3.8) is 0 Å². The van der Waals surface area contributed by atoms with E-state index in [1.165, 1.54) is 19.3 Å². The summed E-state index contributed by atoms with van der Waals surface area (Å²) in [6, 6.07) is 10.6. The highest BCUT2D eigenvalue weighted by Gasteiger charge is 2.63. The molecule has 0 aromatic heterocycles. The molecule has 0 radical (unpaired) electrons. The van der Waals surface area contributed by atoms with Crippen LogP contribution in [0.2, 0.25) is 0 Å². The number of carbonyl (C=O) groups is 2. The normalized spacial score (nSPS) is 29.6. The molecule has 3 heterocycles. The number of carboxylic acid groups (broad SMARTS) is 1. The second kappa shape index (κ2) is 10.2. The highest BCUT2D eigenvalue weighted by molar-refractivity contribution is 5.91. The molecular weight excluding hydrogens is 380 g/mol. The Hall–Kier alpha value is -2.18. The van der Waals surface area contributed by atoms with E-state index in [4.69, 9.17) is 14.6 Å². The topological polar surface area (TPSA) is 78.9 Å². The zero-order valence-electron chi connectivity index (χ0n) is 18.0. The number of hydrogen-bond acceptors (Lipinski definition) is 4. The third-order valence-corrected chi connectivity index (χ3v) is 7.01. The van der Waals surface area contributed by atoms with E-state index in [9.17, 15) is 4.79 Å². The number of benzene rings is 1. The van der Waals surface area contributed by atoms with Crippen LogP contribution in [0.5, 0.6) is 0 Å². The SMILES string of the molecule is CCC(CC)N1C[C@@H]2[C@H](CNC(=O)C=Cc3ccccc3)[C@H]3CC[C@]2(C1)O3.O=CO. The Morgan fingerprint density at radius 2 is 2.03 bits per heavy atom. The fourth-order valence-electron chi connectivity index (χ4n) is 5.60. The van der Waals surface area contributed by atoms with E-state index >= 15 is 0 Å². The molecule has 1 aromatic rings. The van der Waals surface area contributed by atoms with E-state index in [0.717, 1.165) is 31.6 Å². The monoisotopic (exact) mass is 414 g/mol. The smallest absolute Gasteiger partial charge is 0.290 e. The quantitative estimate of drug-likeness (QED) is 0.529. The van der Waals surface area contributed by atoms with Crippen LogP contribution in [0.1, 0.15) is 45.1 Å². The summed E-state index contributed by atoms with van der Waals surface area (Å²) >= 11 is 0. The van der Waals surface area contributed by atoms with E-state index < -0.39 is 0 Å². The van der Waals surface area contributed by atoms with Crippen molar-refractivity contribution in [1.29, 1.82) is 0 Å². The van der Waals surface area contributed by atoms with Gasteiger partial charge in [-0.25, -0.2) is 0 Å². The van der Waals surface area contributed by atoms with Crippen molar-refractivity contribution in [3.8, 4) is 0 Å². The second-order valence-corrected chi connectivity index (χ2v) is 8.52. The molecule has 1 aromatic carbocycles. The minimum absolute atomic E-state index is 0.00878. The summed E-state index contributed by atoms with van der Waals surface area (Å²) in [5.41, 5.74) is 1.11. The molecular formula is C24H34N2O4. The number of carbonyl (C=O) groups excluding carboxylic acids is 1. The molecule has 164 valence electrons. The van der Waals surface area contributed by atoms with E-state index in [2.05, 4.69) is 24.1 Å². The van der Waals surface area contributed by atoms with Gasteiger partial charge in [0, 0.05) is 43.6 Å². The van der Waals surface area contributed by atoms with Gasteiger partial charge in [-0.05, 0) is 37.3 Å². The molecule has 3 aliphatic heterocycles. The average molecular weight is 415 g/mol. The molecule has 0 saturated carbocycles. The highest BCUT2D eigenvalue weighted by atomic mass is 16.5. The molecule has 1 amide bonds. The number of nitrogens with zero attached hydrogens (tertiary/aromatic N) is 1. The van der Waals surface area contributed by atoms with E-state index in [0.29, 0.717) is 24.0 Å². The minimum atomic E-state index is -0.250. The lowest BCUT2D eigenvalue weighted by Gasteiger charge is -2.29. The number of rotatable bonds is 7. The Kier molecular flexibility index (Phi) is 7.67. The molecule has 0 aliphatic carbocycles. The van der Waals surface area contributed by atoms with Gasteiger partial charge in [-0.2, -0.15) is 0 Å². The zero-order valence-corrected chi connectivity index (χ0v) is 18.0. The maximum atomic E-state index is 12.3. The van der Waals surface area contributed by atoms with Crippen LogP contribution in [-0.2, 0) is 14.3 Å². The van der Waals surface area contributed by atoms with Crippen LogP contribution in [0.15, 0.2) is 36.4 Å². The van der Waals surface area contributed by atoms with Gasteiger partial charge in [0.05, 0.1) is 11.7 Å². The van der Waals surface area contributed by atoms with Crippen LogP contribution in [0, 0.1) is 11.8 Å². The lowest BCUT2D eigenvalue weighted by molar-refractivity contribution is -0.123. The fraction of sp³-hybridized carbons (Fsp3) is 0.583. The molecule has 3 aliphatic rings. The maximum absolute atomic E-state index is 12.3. The highest BCUT2D eigenvalue weighted by Crippen LogP contribution is 2.55. The van der Waals surface area contributed by atoms with Gasteiger partial charge in [-0.1, -0.05) is 44.2 Å². The van der Waals surface area contributed by atoms with Crippen molar-refractivity contribution in [1.82, 2.24) is 10.2 Å². The predicted molar refractivity (Wildman–Crippen MR) is 117 cm³/mol.